The van der Waals surface area contributed by atoms with E-state index in [-0.39, 0.29) is 6.54 Å². The Balaban J connectivity index is 1.80. The van der Waals surface area contributed by atoms with Crippen molar-refractivity contribution < 1.29 is 18.7 Å². The van der Waals surface area contributed by atoms with Gasteiger partial charge in [0.05, 0.1) is 25.6 Å². The Morgan fingerprint density at radius 1 is 1.26 bits per heavy atom. The monoisotopic (exact) mass is 315 g/mol. The fraction of sp³-hybridized carbons (Fsp3) is 0.188. The number of hydrazone groups is 1. The molecule has 2 aromatic rings. The first-order valence-electron chi connectivity index (χ1n) is 7.05. The molecule has 0 aliphatic rings. The van der Waals surface area contributed by atoms with Crippen LogP contribution in [0.3, 0.4) is 0 Å². The standard InChI is InChI=1S/C16H17N3O4/c1-2-22-13-6-3-5-12(9-13)10-18-19-16(21)15(20)17-11-14-7-4-8-23-14/h3-10H,2,11H2,1H3,(H,17,20)(H,19,21)/b18-10-. The highest BCUT2D eigenvalue weighted by atomic mass is 16.5. The number of amides is 2. The molecule has 0 aliphatic heterocycles. The van der Waals surface area contributed by atoms with E-state index in [0.29, 0.717) is 18.1 Å². The third-order valence-corrected chi connectivity index (χ3v) is 2.76. The van der Waals surface area contributed by atoms with Gasteiger partial charge in [-0.15, -0.1) is 0 Å². The maximum absolute atomic E-state index is 11.6. The van der Waals surface area contributed by atoms with E-state index >= 15 is 0 Å². The molecule has 2 amide bonds. The number of ether oxygens (including phenoxy) is 1. The first kappa shape index (κ1) is 16.3. The summed E-state index contributed by atoms with van der Waals surface area (Å²) in [5, 5.41) is 6.17. The third kappa shape index (κ3) is 5.31. The van der Waals surface area contributed by atoms with Crippen molar-refractivity contribution in [1.29, 1.82) is 0 Å². The number of carbonyl (C=O) groups is 2. The molecule has 0 fully saturated rings. The lowest BCUT2D eigenvalue weighted by Gasteiger charge is -2.03. The van der Waals surface area contributed by atoms with Crippen LogP contribution in [-0.4, -0.2) is 24.6 Å². The van der Waals surface area contributed by atoms with Gasteiger partial charge in [-0.05, 0) is 36.8 Å². The molecule has 0 spiro atoms. The summed E-state index contributed by atoms with van der Waals surface area (Å²) in [6.07, 6.45) is 2.92. The topological polar surface area (TPSA) is 92.9 Å². The molecule has 0 bridgehead atoms. The lowest BCUT2D eigenvalue weighted by molar-refractivity contribution is -0.139. The predicted octanol–water partition coefficient (Wildman–Crippen LogP) is 1.44. The number of furan rings is 1. The minimum atomic E-state index is -0.853. The van der Waals surface area contributed by atoms with Crippen molar-refractivity contribution in [2.24, 2.45) is 5.10 Å². The highest BCUT2D eigenvalue weighted by Gasteiger charge is 2.12. The number of hydrogen-bond donors (Lipinski definition) is 2. The van der Waals surface area contributed by atoms with Gasteiger partial charge < -0.3 is 14.5 Å². The molecule has 0 saturated carbocycles. The zero-order chi connectivity index (χ0) is 16.5. The van der Waals surface area contributed by atoms with Crippen LogP contribution in [0.2, 0.25) is 0 Å². The summed E-state index contributed by atoms with van der Waals surface area (Å²) in [6, 6.07) is 10.6. The summed E-state index contributed by atoms with van der Waals surface area (Å²) >= 11 is 0. The van der Waals surface area contributed by atoms with Gasteiger partial charge in [0.25, 0.3) is 0 Å². The van der Waals surface area contributed by atoms with Crippen LogP contribution in [0.5, 0.6) is 5.75 Å². The van der Waals surface area contributed by atoms with Gasteiger partial charge in [-0.3, -0.25) is 9.59 Å². The SMILES string of the molecule is CCOc1cccc(/C=N\NC(=O)C(=O)NCc2ccco2)c1. The lowest BCUT2D eigenvalue weighted by Crippen LogP contribution is -2.37. The summed E-state index contributed by atoms with van der Waals surface area (Å²) in [5.74, 6) is -0.378. The Morgan fingerprint density at radius 3 is 2.87 bits per heavy atom. The smallest absolute Gasteiger partial charge is 0.329 e. The molecule has 23 heavy (non-hydrogen) atoms. The molecule has 2 rings (SSSR count). The first-order valence-corrected chi connectivity index (χ1v) is 7.05. The maximum atomic E-state index is 11.6. The number of benzene rings is 1. The Kier molecular flexibility index (Phi) is 5.93. The minimum Gasteiger partial charge on any atom is -0.494 e. The lowest BCUT2D eigenvalue weighted by atomic mass is 10.2. The van der Waals surface area contributed by atoms with Crippen molar-refractivity contribution in [1.82, 2.24) is 10.7 Å². The Hall–Kier alpha value is -3.09. The number of nitrogens with one attached hydrogen (secondary N) is 2. The average molecular weight is 315 g/mol. The zero-order valence-corrected chi connectivity index (χ0v) is 12.6. The van der Waals surface area contributed by atoms with Gasteiger partial charge in [-0.1, -0.05) is 12.1 Å². The average Bonchev–Trinajstić information content (AvgIpc) is 3.06. The van der Waals surface area contributed by atoms with Crippen LogP contribution >= 0.6 is 0 Å². The molecule has 1 aromatic heterocycles. The van der Waals surface area contributed by atoms with Crippen LogP contribution in [-0.2, 0) is 16.1 Å². The normalized spacial score (nSPS) is 10.5. The van der Waals surface area contributed by atoms with Crippen LogP contribution in [0.4, 0.5) is 0 Å². The summed E-state index contributed by atoms with van der Waals surface area (Å²) in [7, 11) is 0. The molecule has 1 aromatic carbocycles. The van der Waals surface area contributed by atoms with E-state index in [9.17, 15) is 9.59 Å². The van der Waals surface area contributed by atoms with E-state index in [1.54, 1.807) is 24.3 Å². The van der Waals surface area contributed by atoms with Gasteiger partial charge in [0.15, 0.2) is 0 Å². The van der Waals surface area contributed by atoms with Gasteiger partial charge in [-0.2, -0.15) is 5.10 Å². The van der Waals surface area contributed by atoms with Crippen molar-refractivity contribution >= 4 is 18.0 Å². The fourth-order valence-electron chi connectivity index (χ4n) is 1.73. The highest BCUT2D eigenvalue weighted by molar-refractivity contribution is 6.35. The van der Waals surface area contributed by atoms with E-state index < -0.39 is 11.8 Å². The van der Waals surface area contributed by atoms with Crippen molar-refractivity contribution in [2.45, 2.75) is 13.5 Å². The van der Waals surface area contributed by atoms with E-state index in [2.05, 4.69) is 15.8 Å². The third-order valence-electron chi connectivity index (χ3n) is 2.76. The molecule has 7 nitrogen and oxygen atoms in total. The molecule has 0 saturated heterocycles. The Morgan fingerprint density at radius 2 is 2.13 bits per heavy atom. The van der Waals surface area contributed by atoms with Gasteiger partial charge in [-0.25, -0.2) is 5.43 Å². The van der Waals surface area contributed by atoms with Crippen molar-refractivity contribution in [3.8, 4) is 5.75 Å². The fourth-order valence-corrected chi connectivity index (χ4v) is 1.73. The van der Waals surface area contributed by atoms with Crippen molar-refractivity contribution in [2.75, 3.05) is 6.61 Å². The van der Waals surface area contributed by atoms with Gasteiger partial charge >= 0.3 is 11.8 Å². The summed E-state index contributed by atoms with van der Waals surface area (Å²) < 4.78 is 10.4. The highest BCUT2D eigenvalue weighted by Crippen LogP contribution is 2.11. The maximum Gasteiger partial charge on any atom is 0.329 e. The number of rotatable bonds is 6. The molecular formula is C16H17N3O4. The van der Waals surface area contributed by atoms with Gasteiger partial charge in [0.1, 0.15) is 11.5 Å². The largest absolute Gasteiger partial charge is 0.494 e. The molecule has 1 heterocycles. The van der Waals surface area contributed by atoms with Crippen LogP contribution in [0.1, 0.15) is 18.2 Å². The minimum absolute atomic E-state index is 0.138. The Labute approximate surface area is 133 Å². The summed E-state index contributed by atoms with van der Waals surface area (Å²) in [4.78, 5) is 23.1. The van der Waals surface area contributed by atoms with E-state index in [1.807, 2.05) is 19.1 Å². The molecule has 0 atom stereocenters. The molecule has 0 radical (unpaired) electrons. The molecule has 120 valence electrons. The van der Waals surface area contributed by atoms with E-state index in [1.165, 1.54) is 12.5 Å². The van der Waals surface area contributed by atoms with Crippen LogP contribution in [0.25, 0.3) is 0 Å². The number of hydrogen-bond acceptors (Lipinski definition) is 5. The van der Waals surface area contributed by atoms with Gasteiger partial charge in [0.2, 0.25) is 0 Å². The zero-order valence-electron chi connectivity index (χ0n) is 12.6. The Bertz CT molecular complexity index is 680. The number of nitrogens with zero attached hydrogens (tertiary/aromatic N) is 1. The molecule has 0 aliphatic carbocycles. The van der Waals surface area contributed by atoms with Crippen LogP contribution in [0, 0.1) is 0 Å². The van der Waals surface area contributed by atoms with Gasteiger partial charge in [0, 0.05) is 0 Å². The van der Waals surface area contributed by atoms with Crippen LogP contribution in [0.15, 0.2) is 52.2 Å². The second kappa shape index (κ2) is 8.38. The summed E-state index contributed by atoms with van der Waals surface area (Å²) in [6.45, 7) is 2.59. The van der Waals surface area contributed by atoms with E-state index in [4.69, 9.17) is 9.15 Å². The predicted molar refractivity (Wildman–Crippen MR) is 83.9 cm³/mol. The van der Waals surface area contributed by atoms with Crippen molar-refractivity contribution in [3.63, 3.8) is 0 Å². The van der Waals surface area contributed by atoms with Crippen molar-refractivity contribution in [3.05, 3.63) is 54.0 Å². The summed E-state index contributed by atoms with van der Waals surface area (Å²) in [5.41, 5.74) is 2.90. The second-order valence-electron chi connectivity index (χ2n) is 4.47. The van der Waals surface area contributed by atoms with Crippen LogP contribution < -0.4 is 15.5 Å². The molecule has 0 unspecified atom stereocenters. The first-order chi connectivity index (χ1) is 11.2. The second-order valence-corrected chi connectivity index (χ2v) is 4.47. The molecule has 7 heteroatoms. The number of carbonyl (C=O) groups excluding carboxylic acids is 2. The molecule has 2 N–H and O–H groups in total. The molecular weight excluding hydrogens is 298 g/mol. The van der Waals surface area contributed by atoms with E-state index in [0.717, 1.165) is 5.56 Å². The quantitative estimate of drug-likeness (QED) is 0.479.